The Kier molecular flexibility index (Phi) is 34.5. The topological polar surface area (TPSA) is 117 Å². The molecule has 0 fully saturated rings. The van der Waals surface area contributed by atoms with Gasteiger partial charge in [-0.1, -0.05) is 103 Å². The number of ether oxygens (including phenoxy) is 8. The van der Waals surface area contributed by atoms with Crippen LogP contribution in [0.2, 0.25) is 0 Å². The monoisotopic (exact) mass is 699 g/mol. The van der Waals surface area contributed by atoms with Crippen LogP contribution >= 0.6 is 0 Å². The summed E-state index contributed by atoms with van der Waals surface area (Å²) in [5.41, 5.74) is 0.0336. The fourth-order valence-corrected chi connectivity index (χ4v) is 5.06. The molecule has 11 heteroatoms. The Morgan fingerprint density at radius 2 is 0.694 bits per heavy atom. The lowest BCUT2D eigenvalue weighted by atomic mass is 10.0. The summed E-state index contributed by atoms with van der Waals surface area (Å²) in [6.07, 6.45) is 22.1. The van der Waals surface area contributed by atoms with Gasteiger partial charge >= 0.3 is 0 Å². The van der Waals surface area contributed by atoms with Crippen molar-refractivity contribution in [3.8, 4) is 5.75 Å². The van der Waals surface area contributed by atoms with Crippen LogP contribution in [0.25, 0.3) is 0 Å². The van der Waals surface area contributed by atoms with Crippen LogP contribution in [-0.4, -0.2) is 104 Å². The summed E-state index contributed by atoms with van der Waals surface area (Å²) in [6.45, 7) is 10.2. The number of unbranched alkanes of at least 4 members (excludes halogenated alkanes) is 15. The molecule has 0 aliphatic carbocycles. The molecule has 0 aliphatic rings. The Bertz CT molecular complexity index is 814. The van der Waals surface area contributed by atoms with Crippen LogP contribution in [0, 0.1) is 10.1 Å². The zero-order chi connectivity index (χ0) is 35.1. The molecule has 0 saturated carbocycles. The van der Waals surface area contributed by atoms with Gasteiger partial charge in [-0.2, -0.15) is 0 Å². The van der Waals surface area contributed by atoms with Gasteiger partial charge < -0.3 is 37.9 Å². The van der Waals surface area contributed by atoms with Crippen molar-refractivity contribution in [3.05, 3.63) is 34.4 Å². The van der Waals surface area contributed by atoms with Gasteiger partial charge in [-0.05, 0) is 18.6 Å². The molecule has 1 aromatic carbocycles. The molecular weight excluding hydrogens is 630 g/mol. The molecule has 0 radical (unpaired) electrons. The highest BCUT2D eigenvalue weighted by Gasteiger charge is 2.04. The highest BCUT2D eigenvalue weighted by molar-refractivity contribution is 5.35. The second-order valence-corrected chi connectivity index (χ2v) is 12.2. The van der Waals surface area contributed by atoms with Gasteiger partial charge in [0.15, 0.2) is 0 Å². The molecule has 286 valence electrons. The summed E-state index contributed by atoms with van der Waals surface area (Å²) in [7, 11) is 0. The lowest BCUT2D eigenvalue weighted by Gasteiger charge is -2.09. The average Bonchev–Trinajstić information content (AvgIpc) is 3.11. The second kappa shape index (κ2) is 37.4. The summed E-state index contributed by atoms with van der Waals surface area (Å²) in [6, 6.07) is 5.95. The summed E-state index contributed by atoms with van der Waals surface area (Å²) in [5, 5.41) is 10.6. The number of nitrogens with zero attached hydrogens (tertiary/aromatic N) is 1. The number of rotatable bonds is 40. The molecule has 1 aromatic rings. The van der Waals surface area contributed by atoms with Gasteiger partial charge in [0.05, 0.1) is 90.8 Å². The Morgan fingerprint density at radius 3 is 1.02 bits per heavy atom. The van der Waals surface area contributed by atoms with Crippen molar-refractivity contribution in [1.82, 2.24) is 0 Å². The van der Waals surface area contributed by atoms with Crippen molar-refractivity contribution in [2.45, 2.75) is 110 Å². The minimum absolute atomic E-state index is 0.0336. The largest absolute Gasteiger partial charge is 0.491 e. The van der Waals surface area contributed by atoms with Gasteiger partial charge in [-0.25, -0.2) is 0 Å². The molecule has 0 amide bonds. The van der Waals surface area contributed by atoms with Crippen molar-refractivity contribution in [3.63, 3.8) is 0 Å². The Labute approximate surface area is 297 Å². The molecule has 0 unspecified atom stereocenters. The van der Waals surface area contributed by atoms with Gasteiger partial charge in [-0.3, -0.25) is 10.1 Å². The average molecular weight is 700 g/mol. The van der Waals surface area contributed by atoms with Crippen LogP contribution < -0.4 is 4.74 Å². The number of non-ortho nitro benzene ring substituents is 1. The van der Waals surface area contributed by atoms with E-state index in [-0.39, 0.29) is 5.69 Å². The first kappa shape index (κ1) is 45.2. The number of nitro groups is 1. The number of hydrogen-bond acceptors (Lipinski definition) is 10. The van der Waals surface area contributed by atoms with E-state index in [2.05, 4.69) is 6.92 Å². The minimum Gasteiger partial charge on any atom is -0.491 e. The Morgan fingerprint density at radius 1 is 0.408 bits per heavy atom. The van der Waals surface area contributed by atoms with Gasteiger partial charge in [0.1, 0.15) is 12.4 Å². The maximum atomic E-state index is 10.6. The number of benzene rings is 1. The molecule has 0 spiro atoms. The third-order valence-electron chi connectivity index (χ3n) is 7.92. The fraction of sp³-hybridized carbons (Fsp3) is 0.842. The highest BCUT2D eigenvalue weighted by atomic mass is 16.6. The predicted octanol–water partition coefficient (Wildman–Crippen LogP) is 8.35. The van der Waals surface area contributed by atoms with Gasteiger partial charge in [0, 0.05) is 18.7 Å². The molecule has 11 nitrogen and oxygen atoms in total. The molecule has 0 aliphatic heterocycles. The first-order chi connectivity index (χ1) is 24.2. The first-order valence-electron chi connectivity index (χ1n) is 19.2. The fourth-order valence-electron chi connectivity index (χ4n) is 5.06. The predicted molar refractivity (Wildman–Crippen MR) is 194 cm³/mol. The van der Waals surface area contributed by atoms with Crippen molar-refractivity contribution >= 4 is 5.69 Å². The summed E-state index contributed by atoms with van der Waals surface area (Å²) in [4.78, 5) is 10.2. The van der Waals surface area contributed by atoms with Gasteiger partial charge in [-0.15, -0.1) is 0 Å². The first-order valence-corrected chi connectivity index (χ1v) is 19.2. The van der Waals surface area contributed by atoms with E-state index in [1.165, 1.54) is 108 Å². The lowest BCUT2D eigenvalue weighted by molar-refractivity contribution is -0.384. The molecule has 0 saturated heterocycles. The molecule has 0 atom stereocenters. The van der Waals surface area contributed by atoms with Crippen LogP contribution in [0.15, 0.2) is 24.3 Å². The van der Waals surface area contributed by atoms with E-state index in [0.717, 1.165) is 13.0 Å². The van der Waals surface area contributed by atoms with Crippen LogP contribution in [-0.2, 0) is 33.2 Å². The molecule has 0 aromatic heterocycles. The second-order valence-electron chi connectivity index (χ2n) is 12.2. The number of nitro benzene ring substituents is 1. The quantitative estimate of drug-likeness (QED) is 0.0376. The summed E-state index contributed by atoms with van der Waals surface area (Å²) >= 11 is 0. The molecule has 0 N–H and O–H groups in total. The minimum atomic E-state index is -0.444. The van der Waals surface area contributed by atoms with E-state index in [4.69, 9.17) is 37.9 Å². The molecule has 1 rings (SSSR count). The van der Waals surface area contributed by atoms with E-state index in [1.807, 2.05) is 0 Å². The van der Waals surface area contributed by atoms with Crippen molar-refractivity contribution < 1.29 is 42.8 Å². The smallest absolute Gasteiger partial charge is 0.269 e. The highest BCUT2D eigenvalue weighted by Crippen LogP contribution is 2.17. The van der Waals surface area contributed by atoms with Gasteiger partial charge in [0.25, 0.3) is 5.69 Å². The van der Waals surface area contributed by atoms with E-state index in [1.54, 1.807) is 12.1 Å². The zero-order valence-corrected chi connectivity index (χ0v) is 30.8. The Balaban J connectivity index is 1.64. The molecular formula is C38H69NO10. The third-order valence-corrected chi connectivity index (χ3v) is 7.92. The standard InChI is InChI=1S/C38H69NO10/c1-2-3-4-5-6-7-8-9-10-11-12-13-14-15-16-17-22-42-23-24-43-25-26-44-27-28-45-29-30-46-31-32-47-33-34-48-35-36-49-38-20-18-37(19-21-38)39(40)41/h18-21H,2-17,22-36H2,1H3. The third kappa shape index (κ3) is 33.1. The molecule has 49 heavy (non-hydrogen) atoms. The van der Waals surface area contributed by atoms with Crippen LogP contribution in [0.3, 0.4) is 0 Å². The van der Waals surface area contributed by atoms with Gasteiger partial charge in [0.2, 0.25) is 0 Å². The molecule has 0 heterocycles. The summed E-state index contributed by atoms with van der Waals surface area (Å²) < 4.78 is 44.1. The van der Waals surface area contributed by atoms with Crippen LogP contribution in [0.5, 0.6) is 5.75 Å². The Hall–Kier alpha value is -1.86. The van der Waals surface area contributed by atoms with Crippen molar-refractivity contribution in [1.29, 1.82) is 0 Å². The van der Waals surface area contributed by atoms with E-state index in [0.29, 0.717) is 98.2 Å². The summed E-state index contributed by atoms with van der Waals surface area (Å²) in [5.74, 6) is 0.566. The maximum absolute atomic E-state index is 10.6. The zero-order valence-electron chi connectivity index (χ0n) is 30.8. The van der Waals surface area contributed by atoms with Crippen molar-refractivity contribution in [2.75, 3.05) is 99.1 Å². The van der Waals surface area contributed by atoms with E-state index >= 15 is 0 Å². The molecule has 0 bridgehead atoms. The van der Waals surface area contributed by atoms with Crippen LogP contribution in [0.1, 0.15) is 110 Å². The lowest BCUT2D eigenvalue weighted by Crippen LogP contribution is -2.15. The normalized spacial score (nSPS) is 11.4. The van der Waals surface area contributed by atoms with E-state index < -0.39 is 4.92 Å². The van der Waals surface area contributed by atoms with E-state index in [9.17, 15) is 10.1 Å². The van der Waals surface area contributed by atoms with Crippen molar-refractivity contribution in [2.24, 2.45) is 0 Å². The number of hydrogen-bond donors (Lipinski definition) is 0. The SMILES string of the molecule is CCCCCCCCCCCCCCCCCCOCCOCCOCCOCCOCCOCCOCCOc1ccc([N+](=O)[O-])cc1. The maximum Gasteiger partial charge on any atom is 0.269 e. The van der Waals surface area contributed by atoms with Crippen LogP contribution in [0.4, 0.5) is 5.69 Å².